The van der Waals surface area contributed by atoms with Crippen molar-refractivity contribution in [3.63, 3.8) is 0 Å². The van der Waals surface area contributed by atoms with Gasteiger partial charge in [0.05, 0.1) is 6.10 Å². The number of hydrogen-bond acceptors (Lipinski definition) is 2. The average molecular weight is 199 g/mol. The zero-order valence-electron chi connectivity index (χ0n) is 7.72. The standard InChI is InChI=1S/C7H16ClO2P/c1-6(7(2,3)4)10-11(5,8)9/h6H,1-5H3/t6-,11+/m1/s1. The van der Waals surface area contributed by atoms with Gasteiger partial charge >= 0.3 is 0 Å². The third-order valence-electron chi connectivity index (χ3n) is 1.57. The van der Waals surface area contributed by atoms with E-state index in [1.165, 1.54) is 6.66 Å². The Morgan fingerprint density at radius 2 is 1.82 bits per heavy atom. The minimum atomic E-state index is -2.85. The van der Waals surface area contributed by atoms with Crippen LogP contribution in [-0.4, -0.2) is 12.8 Å². The second-order valence-corrected chi connectivity index (χ2v) is 7.41. The molecule has 0 spiro atoms. The number of rotatable bonds is 2. The van der Waals surface area contributed by atoms with Crippen LogP contribution in [0.4, 0.5) is 0 Å². The van der Waals surface area contributed by atoms with E-state index in [9.17, 15) is 4.57 Å². The van der Waals surface area contributed by atoms with Gasteiger partial charge in [0.2, 0.25) is 0 Å². The Morgan fingerprint density at radius 3 is 1.91 bits per heavy atom. The maximum atomic E-state index is 11.0. The summed E-state index contributed by atoms with van der Waals surface area (Å²) < 4.78 is 16.1. The van der Waals surface area contributed by atoms with E-state index in [4.69, 9.17) is 15.8 Å². The van der Waals surface area contributed by atoms with Crippen LogP contribution < -0.4 is 0 Å². The minimum Gasteiger partial charge on any atom is -0.314 e. The summed E-state index contributed by atoms with van der Waals surface area (Å²) in [7, 11) is 0. The Bertz CT molecular complexity index is 168. The smallest absolute Gasteiger partial charge is 0.287 e. The predicted molar refractivity (Wildman–Crippen MR) is 49.4 cm³/mol. The maximum absolute atomic E-state index is 11.0. The van der Waals surface area contributed by atoms with Crippen LogP contribution in [0.25, 0.3) is 0 Å². The molecule has 0 N–H and O–H groups in total. The lowest BCUT2D eigenvalue weighted by Crippen LogP contribution is -2.24. The van der Waals surface area contributed by atoms with Crippen LogP contribution in [0.5, 0.6) is 0 Å². The molecule has 4 heteroatoms. The van der Waals surface area contributed by atoms with Gasteiger partial charge in [0.15, 0.2) is 0 Å². The van der Waals surface area contributed by atoms with E-state index in [0.29, 0.717) is 0 Å². The molecule has 2 atom stereocenters. The number of hydrogen-bond donors (Lipinski definition) is 0. The van der Waals surface area contributed by atoms with Gasteiger partial charge in [0, 0.05) is 6.66 Å². The lowest BCUT2D eigenvalue weighted by atomic mass is 9.91. The molecule has 68 valence electrons. The molecule has 2 nitrogen and oxygen atoms in total. The first-order valence-corrected chi connectivity index (χ1v) is 6.56. The highest BCUT2D eigenvalue weighted by atomic mass is 35.7. The van der Waals surface area contributed by atoms with E-state index in [-0.39, 0.29) is 11.5 Å². The summed E-state index contributed by atoms with van der Waals surface area (Å²) in [4.78, 5) is 0. The van der Waals surface area contributed by atoms with Gasteiger partial charge in [-0.2, -0.15) is 0 Å². The first-order chi connectivity index (χ1) is 4.63. The summed E-state index contributed by atoms with van der Waals surface area (Å²) >= 11 is 5.47. The van der Waals surface area contributed by atoms with Gasteiger partial charge in [-0.3, -0.25) is 4.57 Å². The summed E-state index contributed by atoms with van der Waals surface area (Å²) in [5.74, 6) is 0. The normalized spacial score (nSPS) is 20.9. The molecule has 0 bridgehead atoms. The van der Waals surface area contributed by atoms with E-state index >= 15 is 0 Å². The molecule has 0 aromatic heterocycles. The summed E-state index contributed by atoms with van der Waals surface area (Å²) in [5.41, 5.74) is -0.0133. The highest BCUT2D eigenvalue weighted by Crippen LogP contribution is 2.51. The van der Waals surface area contributed by atoms with Crippen LogP contribution in [0.3, 0.4) is 0 Å². The van der Waals surface area contributed by atoms with Crippen molar-refractivity contribution in [1.29, 1.82) is 0 Å². The maximum Gasteiger partial charge on any atom is 0.287 e. The fraction of sp³-hybridized carbons (Fsp3) is 1.00. The Morgan fingerprint density at radius 1 is 1.45 bits per heavy atom. The van der Waals surface area contributed by atoms with Crippen molar-refractivity contribution >= 4 is 18.0 Å². The summed E-state index contributed by atoms with van der Waals surface area (Å²) in [6.07, 6.45) is -0.0872. The van der Waals surface area contributed by atoms with E-state index in [2.05, 4.69) is 0 Å². The predicted octanol–water partition coefficient (Wildman–Crippen LogP) is 3.50. The van der Waals surface area contributed by atoms with Gasteiger partial charge in [0.1, 0.15) is 0 Å². The summed E-state index contributed by atoms with van der Waals surface area (Å²) in [6.45, 7) is 6.50. The highest BCUT2D eigenvalue weighted by molar-refractivity contribution is 7.84. The van der Waals surface area contributed by atoms with Crippen molar-refractivity contribution in [3.05, 3.63) is 0 Å². The monoisotopic (exact) mass is 198 g/mol. The second-order valence-electron chi connectivity index (χ2n) is 3.86. The molecule has 0 saturated heterocycles. The zero-order valence-corrected chi connectivity index (χ0v) is 9.37. The van der Waals surface area contributed by atoms with Gasteiger partial charge < -0.3 is 4.52 Å². The molecule has 0 unspecified atom stereocenters. The number of halogens is 1. The quantitative estimate of drug-likeness (QED) is 0.635. The SMILES string of the molecule is C[C@@H](O[P@](C)(=O)Cl)C(C)(C)C. The average Bonchev–Trinajstić information content (AvgIpc) is 1.56. The molecule has 0 aromatic carbocycles. The van der Waals surface area contributed by atoms with Crippen LogP contribution in [-0.2, 0) is 9.09 Å². The van der Waals surface area contributed by atoms with E-state index in [1.54, 1.807) is 0 Å². The molecule has 0 heterocycles. The molecule has 0 aliphatic heterocycles. The van der Waals surface area contributed by atoms with Crippen molar-refractivity contribution in [2.24, 2.45) is 5.41 Å². The second kappa shape index (κ2) is 3.47. The molecule has 0 aromatic rings. The summed E-state index contributed by atoms with van der Waals surface area (Å²) in [5, 5.41) is 0. The molecule has 0 rings (SSSR count). The van der Waals surface area contributed by atoms with Crippen LogP contribution in [0.2, 0.25) is 0 Å². The van der Waals surface area contributed by atoms with Crippen molar-refractivity contribution in [2.45, 2.75) is 33.8 Å². The molecule has 0 amide bonds. The molecule has 0 radical (unpaired) electrons. The van der Waals surface area contributed by atoms with Gasteiger partial charge in [-0.05, 0) is 23.6 Å². The van der Waals surface area contributed by atoms with Crippen LogP contribution in [0, 0.1) is 5.41 Å². The van der Waals surface area contributed by atoms with Crippen molar-refractivity contribution < 1.29 is 9.09 Å². The van der Waals surface area contributed by atoms with Gasteiger partial charge in [-0.25, -0.2) is 0 Å². The minimum absolute atomic E-state index is 0.0133. The van der Waals surface area contributed by atoms with Crippen LogP contribution >= 0.6 is 18.0 Å². The molecule has 0 fully saturated rings. The lowest BCUT2D eigenvalue weighted by molar-refractivity contribution is 0.111. The highest BCUT2D eigenvalue weighted by Gasteiger charge is 2.26. The van der Waals surface area contributed by atoms with E-state index < -0.39 is 6.72 Å². The first kappa shape index (κ1) is 11.5. The lowest BCUT2D eigenvalue weighted by Gasteiger charge is -2.27. The van der Waals surface area contributed by atoms with Crippen molar-refractivity contribution in [2.75, 3.05) is 6.66 Å². The van der Waals surface area contributed by atoms with Crippen LogP contribution in [0.15, 0.2) is 0 Å². The molecular weight excluding hydrogens is 183 g/mol. The fourth-order valence-corrected chi connectivity index (χ4v) is 1.68. The van der Waals surface area contributed by atoms with E-state index in [1.807, 2.05) is 27.7 Å². The topological polar surface area (TPSA) is 26.3 Å². The largest absolute Gasteiger partial charge is 0.314 e. The molecule has 11 heavy (non-hydrogen) atoms. The fourth-order valence-electron chi connectivity index (χ4n) is 0.441. The molecular formula is C7H16ClO2P. The van der Waals surface area contributed by atoms with Crippen LogP contribution in [0.1, 0.15) is 27.7 Å². The Kier molecular flexibility index (Phi) is 3.62. The third-order valence-corrected chi connectivity index (χ3v) is 2.50. The van der Waals surface area contributed by atoms with Crippen molar-refractivity contribution in [3.8, 4) is 0 Å². The Hall–Kier alpha value is 0.480. The molecule has 0 aliphatic carbocycles. The van der Waals surface area contributed by atoms with Gasteiger partial charge in [0.25, 0.3) is 6.72 Å². The van der Waals surface area contributed by atoms with E-state index in [0.717, 1.165) is 0 Å². The van der Waals surface area contributed by atoms with Gasteiger partial charge in [-0.1, -0.05) is 20.8 Å². The van der Waals surface area contributed by atoms with Gasteiger partial charge in [-0.15, -0.1) is 0 Å². The molecule has 0 aliphatic rings. The Balaban J connectivity index is 4.10. The molecule has 0 saturated carbocycles. The van der Waals surface area contributed by atoms with Crippen molar-refractivity contribution in [1.82, 2.24) is 0 Å². The first-order valence-electron chi connectivity index (χ1n) is 3.58. The third kappa shape index (κ3) is 5.72. The summed E-state index contributed by atoms with van der Waals surface area (Å²) in [6, 6.07) is 0. The zero-order chi connectivity index (χ0) is 9.28. The Labute approximate surface area is 73.5 Å².